The molecule has 1 aliphatic rings. The molecular formula is C11H11N5O2. The van der Waals surface area contributed by atoms with Crippen LogP contribution in [0, 0.1) is 0 Å². The maximum Gasteiger partial charge on any atom is 0.251 e. The van der Waals surface area contributed by atoms with E-state index in [0.29, 0.717) is 24.6 Å². The van der Waals surface area contributed by atoms with Crippen LogP contribution in [-0.2, 0) is 4.74 Å². The van der Waals surface area contributed by atoms with Crippen LogP contribution in [0.15, 0.2) is 24.3 Å². The summed E-state index contributed by atoms with van der Waals surface area (Å²) in [6.07, 6.45) is 0. The Morgan fingerprint density at radius 3 is 2.67 bits per heavy atom. The van der Waals surface area contributed by atoms with Gasteiger partial charge >= 0.3 is 0 Å². The van der Waals surface area contributed by atoms with Gasteiger partial charge in [-0.15, -0.1) is 10.2 Å². The smallest absolute Gasteiger partial charge is 0.251 e. The van der Waals surface area contributed by atoms with E-state index in [4.69, 9.17) is 4.74 Å². The van der Waals surface area contributed by atoms with Gasteiger partial charge in [0.05, 0.1) is 19.3 Å². The van der Waals surface area contributed by atoms with Gasteiger partial charge < -0.3 is 10.1 Å². The molecular weight excluding hydrogens is 234 g/mol. The van der Waals surface area contributed by atoms with E-state index in [-0.39, 0.29) is 11.9 Å². The fourth-order valence-corrected chi connectivity index (χ4v) is 1.64. The number of nitrogens with zero attached hydrogens (tertiary/aromatic N) is 3. The number of rotatable bonds is 3. The maximum atomic E-state index is 11.8. The average molecular weight is 245 g/mol. The molecule has 0 saturated carbocycles. The molecule has 92 valence electrons. The number of aromatic amines is 1. The van der Waals surface area contributed by atoms with Crippen molar-refractivity contribution in [1.82, 2.24) is 25.9 Å². The summed E-state index contributed by atoms with van der Waals surface area (Å²) in [5.74, 6) is 0.414. The Kier molecular flexibility index (Phi) is 2.73. The lowest BCUT2D eigenvalue weighted by molar-refractivity contribution is -0.00346. The lowest BCUT2D eigenvalue weighted by Crippen LogP contribution is -2.48. The second-order valence-electron chi connectivity index (χ2n) is 4.02. The molecule has 3 rings (SSSR count). The van der Waals surface area contributed by atoms with E-state index in [0.717, 1.165) is 5.56 Å². The van der Waals surface area contributed by atoms with E-state index in [2.05, 4.69) is 25.9 Å². The van der Waals surface area contributed by atoms with Crippen molar-refractivity contribution in [2.24, 2.45) is 0 Å². The van der Waals surface area contributed by atoms with Crippen LogP contribution in [0.5, 0.6) is 0 Å². The highest BCUT2D eigenvalue weighted by Gasteiger charge is 2.20. The van der Waals surface area contributed by atoms with E-state index in [9.17, 15) is 4.79 Å². The molecule has 2 N–H and O–H groups in total. The van der Waals surface area contributed by atoms with Crippen molar-refractivity contribution < 1.29 is 9.53 Å². The van der Waals surface area contributed by atoms with E-state index in [1.165, 1.54) is 0 Å². The molecule has 0 radical (unpaired) electrons. The molecule has 1 aromatic heterocycles. The molecule has 0 bridgehead atoms. The molecule has 1 amide bonds. The number of tetrazole rings is 1. The van der Waals surface area contributed by atoms with Crippen LogP contribution < -0.4 is 5.32 Å². The van der Waals surface area contributed by atoms with Gasteiger partial charge in [-0.2, -0.15) is 5.21 Å². The third-order valence-electron chi connectivity index (χ3n) is 2.72. The van der Waals surface area contributed by atoms with Crippen LogP contribution in [0.3, 0.4) is 0 Å². The highest BCUT2D eigenvalue weighted by Crippen LogP contribution is 2.14. The molecule has 0 spiro atoms. The molecule has 7 nitrogen and oxygen atoms in total. The van der Waals surface area contributed by atoms with Crippen molar-refractivity contribution in [3.63, 3.8) is 0 Å². The predicted molar refractivity (Wildman–Crippen MR) is 61.7 cm³/mol. The molecule has 0 unspecified atom stereocenters. The molecule has 2 aromatic rings. The second kappa shape index (κ2) is 4.53. The zero-order chi connectivity index (χ0) is 12.4. The van der Waals surface area contributed by atoms with Gasteiger partial charge in [0.2, 0.25) is 5.82 Å². The Bertz CT molecular complexity index is 533. The molecule has 18 heavy (non-hydrogen) atoms. The zero-order valence-electron chi connectivity index (χ0n) is 9.46. The topological polar surface area (TPSA) is 92.8 Å². The SMILES string of the molecule is O=C(NC1COC1)c1ccc(-c2nn[nH]n2)cc1. The highest BCUT2D eigenvalue weighted by atomic mass is 16.5. The number of carbonyl (C=O) groups excluding carboxylic acids is 1. The number of ether oxygens (including phenoxy) is 1. The first-order valence-electron chi connectivity index (χ1n) is 5.55. The highest BCUT2D eigenvalue weighted by molar-refractivity contribution is 5.94. The van der Waals surface area contributed by atoms with Gasteiger partial charge in [0, 0.05) is 11.1 Å². The zero-order valence-corrected chi connectivity index (χ0v) is 9.46. The van der Waals surface area contributed by atoms with Crippen LogP contribution >= 0.6 is 0 Å². The van der Waals surface area contributed by atoms with Gasteiger partial charge in [-0.05, 0) is 17.3 Å². The Balaban J connectivity index is 1.72. The molecule has 2 heterocycles. The van der Waals surface area contributed by atoms with Gasteiger partial charge in [-0.3, -0.25) is 4.79 Å². The van der Waals surface area contributed by atoms with Gasteiger partial charge in [0.1, 0.15) is 0 Å². The molecule has 0 aliphatic carbocycles. The first kappa shape index (κ1) is 10.8. The third-order valence-corrected chi connectivity index (χ3v) is 2.72. The lowest BCUT2D eigenvalue weighted by Gasteiger charge is -2.26. The number of benzene rings is 1. The standard InChI is InChI=1S/C11H11N5O2/c17-11(12-9-5-18-6-9)8-3-1-7(2-4-8)10-13-15-16-14-10/h1-4,9H,5-6H2,(H,12,17)(H,13,14,15,16). The minimum Gasteiger partial charge on any atom is -0.377 e. The van der Waals surface area contributed by atoms with Crippen molar-refractivity contribution >= 4 is 5.91 Å². The molecule has 1 saturated heterocycles. The van der Waals surface area contributed by atoms with Gasteiger partial charge in [-0.1, -0.05) is 12.1 Å². The molecule has 1 fully saturated rings. The van der Waals surface area contributed by atoms with Crippen LogP contribution in [0.2, 0.25) is 0 Å². The van der Waals surface area contributed by atoms with Gasteiger partial charge in [0.25, 0.3) is 5.91 Å². The maximum absolute atomic E-state index is 11.8. The molecule has 1 aromatic carbocycles. The van der Waals surface area contributed by atoms with E-state index in [1.54, 1.807) is 24.3 Å². The number of aromatic nitrogens is 4. The largest absolute Gasteiger partial charge is 0.377 e. The molecule has 1 aliphatic heterocycles. The monoisotopic (exact) mass is 245 g/mol. The van der Waals surface area contributed by atoms with Gasteiger partial charge in [0.15, 0.2) is 0 Å². The van der Waals surface area contributed by atoms with E-state index < -0.39 is 0 Å². The first-order valence-corrected chi connectivity index (χ1v) is 5.55. The number of carbonyl (C=O) groups is 1. The van der Waals surface area contributed by atoms with Crippen molar-refractivity contribution in [3.8, 4) is 11.4 Å². The Morgan fingerprint density at radius 2 is 2.11 bits per heavy atom. The summed E-state index contributed by atoms with van der Waals surface area (Å²) in [5, 5.41) is 16.5. The summed E-state index contributed by atoms with van der Waals surface area (Å²) in [7, 11) is 0. The normalized spacial score (nSPS) is 15.1. The first-order chi connectivity index (χ1) is 8.83. The summed E-state index contributed by atoms with van der Waals surface area (Å²) in [6, 6.07) is 7.18. The van der Waals surface area contributed by atoms with Crippen LogP contribution in [0.25, 0.3) is 11.4 Å². The minimum atomic E-state index is -0.0945. The van der Waals surface area contributed by atoms with Crippen molar-refractivity contribution in [2.75, 3.05) is 13.2 Å². The van der Waals surface area contributed by atoms with Crippen molar-refractivity contribution in [3.05, 3.63) is 29.8 Å². The van der Waals surface area contributed by atoms with Crippen LogP contribution in [0.1, 0.15) is 10.4 Å². The summed E-state index contributed by atoms with van der Waals surface area (Å²) >= 11 is 0. The van der Waals surface area contributed by atoms with Crippen molar-refractivity contribution in [1.29, 1.82) is 0 Å². The number of nitrogens with one attached hydrogen (secondary N) is 2. The summed E-state index contributed by atoms with van der Waals surface area (Å²) in [5.41, 5.74) is 1.42. The average Bonchev–Trinajstić information content (AvgIpc) is 2.87. The van der Waals surface area contributed by atoms with Crippen LogP contribution in [-0.4, -0.2) is 45.8 Å². The summed E-state index contributed by atoms with van der Waals surface area (Å²) < 4.78 is 5.00. The number of hydrogen-bond acceptors (Lipinski definition) is 5. The number of amides is 1. The molecule has 0 atom stereocenters. The van der Waals surface area contributed by atoms with Crippen LogP contribution in [0.4, 0.5) is 0 Å². The lowest BCUT2D eigenvalue weighted by atomic mass is 10.1. The van der Waals surface area contributed by atoms with E-state index in [1.807, 2.05) is 0 Å². The Labute approximate surface area is 103 Å². The minimum absolute atomic E-state index is 0.0945. The third kappa shape index (κ3) is 2.07. The summed E-state index contributed by atoms with van der Waals surface area (Å²) in [4.78, 5) is 11.8. The number of H-pyrrole nitrogens is 1. The molecule has 7 heteroatoms. The fraction of sp³-hybridized carbons (Fsp3) is 0.273. The van der Waals surface area contributed by atoms with Crippen molar-refractivity contribution in [2.45, 2.75) is 6.04 Å². The summed E-state index contributed by atoms with van der Waals surface area (Å²) in [6.45, 7) is 1.18. The Morgan fingerprint density at radius 1 is 1.33 bits per heavy atom. The number of hydrogen-bond donors (Lipinski definition) is 2. The van der Waals surface area contributed by atoms with E-state index >= 15 is 0 Å². The predicted octanol–water partition coefficient (Wildman–Crippen LogP) is -0.00470. The quantitative estimate of drug-likeness (QED) is 0.793. The fourth-order valence-electron chi connectivity index (χ4n) is 1.64. The second-order valence-corrected chi connectivity index (χ2v) is 4.02. The van der Waals surface area contributed by atoms with Gasteiger partial charge in [-0.25, -0.2) is 0 Å². The Hall–Kier alpha value is -2.28.